The van der Waals surface area contributed by atoms with Crippen molar-refractivity contribution < 1.29 is 28.9 Å². The van der Waals surface area contributed by atoms with Gasteiger partial charge in [-0.2, -0.15) is 0 Å². The highest BCUT2D eigenvalue weighted by Crippen LogP contribution is 2.41. The predicted octanol–water partition coefficient (Wildman–Crippen LogP) is 3.66. The van der Waals surface area contributed by atoms with Gasteiger partial charge in [0, 0.05) is 38.0 Å². The molecule has 8 nitrogen and oxygen atoms in total. The number of hydrogen-bond acceptors (Lipinski definition) is 7. The molecule has 0 unspecified atom stereocenters. The monoisotopic (exact) mass is 510 g/mol. The smallest absolute Gasteiger partial charge is 0.303 e. The Morgan fingerprint density at radius 2 is 1.73 bits per heavy atom. The number of nitrogens with one attached hydrogen (secondary N) is 1. The van der Waals surface area contributed by atoms with Gasteiger partial charge in [0.2, 0.25) is 0 Å². The second kappa shape index (κ2) is 13.5. The van der Waals surface area contributed by atoms with Crippen LogP contribution in [0, 0.1) is 5.92 Å². The molecule has 8 heteroatoms. The summed E-state index contributed by atoms with van der Waals surface area (Å²) in [6.07, 6.45) is 0.205. The van der Waals surface area contributed by atoms with Gasteiger partial charge in [0.1, 0.15) is 0 Å². The molecule has 1 aliphatic heterocycles. The van der Waals surface area contributed by atoms with Gasteiger partial charge in [-0.25, -0.2) is 0 Å². The first-order valence-corrected chi connectivity index (χ1v) is 12.6. The standard InChI is InChI=1S/C29H38N2O6/c1-6-15-31(5)17-26-19(2)27(24-11-9-23(18-32)10-12-24)37-29(36-26)25-13-7-22(8-14-25)16-30-28(34)20(3)35-21(4)33/h6-14,19-20,26-27,29,32H,1,15-18H2,2-5H3,(H,30,34)/t19-,20+,26+,27+,29+/m1/s1. The zero-order chi connectivity index (χ0) is 26.9. The molecule has 2 aromatic carbocycles. The van der Waals surface area contributed by atoms with Gasteiger partial charge >= 0.3 is 5.97 Å². The Kier molecular flexibility index (Phi) is 10.4. The van der Waals surface area contributed by atoms with E-state index in [9.17, 15) is 14.7 Å². The molecule has 37 heavy (non-hydrogen) atoms. The van der Waals surface area contributed by atoms with Crippen molar-refractivity contribution in [1.82, 2.24) is 10.2 Å². The van der Waals surface area contributed by atoms with Crippen LogP contribution in [-0.4, -0.2) is 54.2 Å². The van der Waals surface area contributed by atoms with Crippen LogP contribution >= 0.6 is 0 Å². The molecule has 0 spiro atoms. The molecule has 1 aliphatic rings. The fourth-order valence-electron chi connectivity index (χ4n) is 4.36. The summed E-state index contributed by atoms with van der Waals surface area (Å²) in [7, 11) is 2.04. The summed E-state index contributed by atoms with van der Waals surface area (Å²) in [5.74, 6) is -0.753. The molecule has 2 N–H and O–H groups in total. The number of esters is 1. The summed E-state index contributed by atoms with van der Waals surface area (Å²) in [6.45, 7) is 10.6. The van der Waals surface area contributed by atoms with E-state index in [1.807, 2.05) is 61.7 Å². The SMILES string of the molecule is C=CCN(C)C[C@@H]1O[C@H](c2ccc(CNC(=O)[C@H](C)OC(C)=O)cc2)O[C@H](c2ccc(CO)cc2)[C@@H]1C. The van der Waals surface area contributed by atoms with Gasteiger partial charge in [-0.15, -0.1) is 6.58 Å². The van der Waals surface area contributed by atoms with Crippen molar-refractivity contribution in [1.29, 1.82) is 0 Å². The number of hydrogen-bond donors (Lipinski definition) is 2. The van der Waals surface area contributed by atoms with E-state index >= 15 is 0 Å². The van der Waals surface area contributed by atoms with Gasteiger partial charge in [0.05, 0.1) is 18.8 Å². The molecule has 1 saturated heterocycles. The lowest BCUT2D eigenvalue weighted by Crippen LogP contribution is -2.43. The zero-order valence-corrected chi connectivity index (χ0v) is 22.1. The van der Waals surface area contributed by atoms with Crippen molar-refractivity contribution in [3.05, 3.63) is 83.4 Å². The topological polar surface area (TPSA) is 97.3 Å². The number of amides is 1. The number of carbonyl (C=O) groups is 2. The van der Waals surface area contributed by atoms with E-state index in [-0.39, 0.29) is 30.6 Å². The highest BCUT2D eigenvalue weighted by atomic mass is 16.7. The Bertz CT molecular complexity index is 1040. The minimum atomic E-state index is -0.845. The van der Waals surface area contributed by atoms with Gasteiger partial charge in [0.25, 0.3) is 5.91 Å². The summed E-state index contributed by atoms with van der Waals surface area (Å²) in [5, 5.41) is 12.2. The number of ether oxygens (including phenoxy) is 3. The minimum absolute atomic E-state index is 0.00245. The van der Waals surface area contributed by atoms with Crippen molar-refractivity contribution in [3.63, 3.8) is 0 Å². The molecule has 3 rings (SSSR count). The maximum Gasteiger partial charge on any atom is 0.303 e. The Labute approximate surface area is 219 Å². The lowest BCUT2D eigenvalue weighted by Gasteiger charge is -2.42. The van der Waals surface area contributed by atoms with Gasteiger partial charge in [-0.1, -0.05) is 61.5 Å². The molecule has 0 aromatic heterocycles. The van der Waals surface area contributed by atoms with E-state index in [0.29, 0.717) is 6.54 Å². The van der Waals surface area contributed by atoms with E-state index in [2.05, 4.69) is 23.7 Å². The molecule has 0 bridgehead atoms. The van der Waals surface area contributed by atoms with Crippen LogP contribution in [-0.2, 0) is 37.0 Å². The predicted molar refractivity (Wildman–Crippen MR) is 140 cm³/mol. The highest BCUT2D eigenvalue weighted by Gasteiger charge is 2.38. The third-order valence-electron chi connectivity index (χ3n) is 6.49. The van der Waals surface area contributed by atoms with E-state index < -0.39 is 18.4 Å². The van der Waals surface area contributed by atoms with Crippen molar-refractivity contribution in [2.45, 2.75) is 58.5 Å². The molecule has 5 atom stereocenters. The summed E-state index contributed by atoms with van der Waals surface area (Å²) in [4.78, 5) is 25.4. The van der Waals surface area contributed by atoms with Crippen LogP contribution < -0.4 is 5.32 Å². The molecule has 1 heterocycles. The lowest BCUT2D eigenvalue weighted by atomic mass is 9.90. The first-order chi connectivity index (χ1) is 17.7. The van der Waals surface area contributed by atoms with Gasteiger partial charge in [-0.3, -0.25) is 9.59 Å². The second-order valence-corrected chi connectivity index (χ2v) is 9.54. The number of benzene rings is 2. The van der Waals surface area contributed by atoms with Gasteiger partial charge in [0.15, 0.2) is 12.4 Å². The fraction of sp³-hybridized carbons (Fsp3) is 0.448. The molecule has 1 fully saturated rings. The Hall–Kier alpha value is -3.04. The normalized spacial score (nSPS) is 22.3. The molecule has 0 saturated carbocycles. The number of rotatable bonds is 11. The van der Waals surface area contributed by atoms with Crippen molar-refractivity contribution in [2.24, 2.45) is 5.92 Å². The van der Waals surface area contributed by atoms with E-state index in [0.717, 1.165) is 35.3 Å². The van der Waals surface area contributed by atoms with Crippen LogP contribution in [0.2, 0.25) is 0 Å². The number of likely N-dealkylation sites (N-methyl/N-ethyl adjacent to an activating group) is 1. The summed E-state index contributed by atoms with van der Waals surface area (Å²) >= 11 is 0. The molecule has 0 radical (unpaired) electrons. The van der Waals surface area contributed by atoms with E-state index in [4.69, 9.17) is 14.2 Å². The molecular weight excluding hydrogens is 472 g/mol. The first-order valence-electron chi connectivity index (χ1n) is 12.6. The van der Waals surface area contributed by atoms with Gasteiger partial charge < -0.3 is 29.5 Å². The summed E-state index contributed by atoms with van der Waals surface area (Å²) in [5.41, 5.74) is 3.67. The molecular formula is C29H38N2O6. The highest BCUT2D eigenvalue weighted by molar-refractivity contribution is 5.82. The Morgan fingerprint density at radius 3 is 2.32 bits per heavy atom. The number of nitrogens with zero attached hydrogens (tertiary/aromatic N) is 1. The Morgan fingerprint density at radius 1 is 1.11 bits per heavy atom. The van der Waals surface area contributed by atoms with Crippen molar-refractivity contribution in [2.75, 3.05) is 20.1 Å². The first kappa shape index (κ1) is 28.5. The van der Waals surface area contributed by atoms with Crippen LogP contribution in [0.25, 0.3) is 0 Å². The van der Waals surface area contributed by atoms with Crippen LogP contribution in [0.3, 0.4) is 0 Å². The maximum atomic E-state index is 12.1. The van der Waals surface area contributed by atoms with Crippen LogP contribution in [0.15, 0.2) is 61.2 Å². The Balaban J connectivity index is 1.74. The maximum absolute atomic E-state index is 12.1. The molecule has 2 aromatic rings. The average Bonchev–Trinajstić information content (AvgIpc) is 2.88. The third kappa shape index (κ3) is 7.97. The lowest BCUT2D eigenvalue weighted by molar-refractivity contribution is -0.275. The van der Waals surface area contributed by atoms with Crippen LogP contribution in [0.4, 0.5) is 0 Å². The van der Waals surface area contributed by atoms with E-state index in [1.165, 1.54) is 13.8 Å². The number of carbonyl (C=O) groups excluding carboxylic acids is 2. The second-order valence-electron chi connectivity index (χ2n) is 9.54. The summed E-state index contributed by atoms with van der Waals surface area (Å²) < 4.78 is 17.8. The number of aliphatic hydroxyl groups excluding tert-OH is 1. The molecule has 1 amide bonds. The van der Waals surface area contributed by atoms with Gasteiger partial charge in [-0.05, 0) is 30.7 Å². The quantitative estimate of drug-likeness (QED) is 0.352. The molecule has 200 valence electrons. The minimum Gasteiger partial charge on any atom is -0.453 e. The van der Waals surface area contributed by atoms with E-state index in [1.54, 1.807) is 0 Å². The summed E-state index contributed by atoms with van der Waals surface area (Å²) in [6, 6.07) is 15.5. The van der Waals surface area contributed by atoms with Crippen LogP contribution in [0.1, 0.15) is 55.4 Å². The van der Waals surface area contributed by atoms with Crippen molar-refractivity contribution >= 4 is 11.9 Å². The third-order valence-corrected chi connectivity index (χ3v) is 6.49. The number of aliphatic hydroxyl groups is 1. The largest absolute Gasteiger partial charge is 0.453 e. The zero-order valence-electron chi connectivity index (χ0n) is 22.1. The molecule has 0 aliphatic carbocycles. The fourth-order valence-corrected chi connectivity index (χ4v) is 4.36. The average molecular weight is 511 g/mol. The van der Waals surface area contributed by atoms with Crippen LogP contribution in [0.5, 0.6) is 0 Å². The van der Waals surface area contributed by atoms with Crippen molar-refractivity contribution in [3.8, 4) is 0 Å².